The molecule has 0 saturated heterocycles. The van der Waals surface area contributed by atoms with E-state index in [0.717, 1.165) is 5.92 Å². The number of aromatic amines is 1. The maximum atomic E-state index is 11.1. The minimum absolute atomic E-state index is 0.103. The van der Waals surface area contributed by atoms with E-state index >= 15 is 0 Å². The molecule has 16 heavy (non-hydrogen) atoms. The van der Waals surface area contributed by atoms with Crippen molar-refractivity contribution in [3.8, 4) is 0 Å². The number of rotatable bonds is 2. The third-order valence-corrected chi connectivity index (χ3v) is 3.72. The van der Waals surface area contributed by atoms with Gasteiger partial charge in [0.1, 0.15) is 5.82 Å². The van der Waals surface area contributed by atoms with Crippen molar-refractivity contribution in [3.05, 3.63) is 22.7 Å². The van der Waals surface area contributed by atoms with Gasteiger partial charge in [0, 0.05) is 12.1 Å². The van der Waals surface area contributed by atoms with Gasteiger partial charge in [-0.15, -0.1) is 0 Å². The molecule has 3 unspecified atom stereocenters. The Bertz CT molecular complexity index is 401. The first-order chi connectivity index (χ1) is 7.66. The molecule has 1 aliphatic carbocycles. The fourth-order valence-electron chi connectivity index (χ4n) is 2.42. The molecule has 0 bridgehead atoms. The lowest BCUT2D eigenvalue weighted by molar-refractivity contribution is 0.253. The van der Waals surface area contributed by atoms with Crippen LogP contribution in [0.3, 0.4) is 0 Å². The van der Waals surface area contributed by atoms with Crippen LogP contribution in [0.4, 0.5) is 5.82 Å². The van der Waals surface area contributed by atoms with Gasteiger partial charge in [0.05, 0.1) is 6.33 Å². The van der Waals surface area contributed by atoms with Crippen LogP contribution in [-0.2, 0) is 0 Å². The van der Waals surface area contributed by atoms with Gasteiger partial charge in [-0.3, -0.25) is 4.79 Å². The fourth-order valence-corrected chi connectivity index (χ4v) is 2.42. The van der Waals surface area contributed by atoms with Crippen LogP contribution in [-0.4, -0.2) is 16.0 Å². The molecule has 0 aromatic carbocycles. The average molecular weight is 221 g/mol. The van der Waals surface area contributed by atoms with Crippen LogP contribution in [0, 0.1) is 11.8 Å². The first-order valence-electron chi connectivity index (χ1n) is 5.98. The molecule has 4 heteroatoms. The highest BCUT2D eigenvalue weighted by Crippen LogP contribution is 2.30. The van der Waals surface area contributed by atoms with Crippen molar-refractivity contribution in [3.63, 3.8) is 0 Å². The third-order valence-electron chi connectivity index (χ3n) is 3.72. The quantitative estimate of drug-likeness (QED) is 0.803. The Labute approximate surface area is 95.5 Å². The molecule has 1 heterocycles. The fraction of sp³-hybridized carbons (Fsp3) is 0.667. The standard InChI is InChI=1S/C12H19N3O/c1-8-4-3-5-10(9(8)2)15-11-6-12(16)14-7-13-11/h6-10H,3-5H2,1-2H3,(H2,13,14,15,16). The van der Waals surface area contributed by atoms with Gasteiger partial charge < -0.3 is 10.3 Å². The average Bonchev–Trinajstić information content (AvgIpc) is 2.25. The lowest BCUT2D eigenvalue weighted by Crippen LogP contribution is -2.35. The maximum Gasteiger partial charge on any atom is 0.252 e. The maximum absolute atomic E-state index is 11.1. The Morgan fingerprint density at radius 1 is 1.44 bits per heavy atom. The van der Waals surface area contributed by atoms with E-state index in [1.165, 1.54) is 31.7 Å². The zero-order valence-electron chi connectivity index (χ0n) is 9.86. The second kappa shape index (κ2) is 4.68. The monoisotopic (exact) mass is 221 g/mol. The van der Waals surface area contributed by atoms with E-state index in [4.69, 9.17) is 0 Å². The number of aromatic nitrogens is 2. The zero-order chi connectivity index (χ0) is 11.5. The Balaban J connectivity index is 2.06. The van der Waals surface area contributed by atoms with Gasteiger partial charge in [-0.2, -0.15) is 0 Å². The second-order valence-electron chi connectivity index (χ2n) is 4.81. The van der Waals surface area contributed by atoms with E-state index in [0.29, 0.717) is 17.8 Å². The first kappa shape index (κ1) is 11.2. The molecule has 0 aliphatic heterocycles. The van der Waals surface area contributed by atoms with Gasteiger partial charge in [0.15, 0.2) is 0 Å². The number of hydrogen-bond acceptors (Lipinski definition) is 3. The molecule has 3 atom stereocenters. The number of H-pyrrole nitrogens is 1. The predicted molar refractivity (Wildman–Crippen MR) is 64.4 cm³/mol. The normalized spacial score (nSPS) is 30.0. The molecule has 88 valence electrons. The summed E-state index contributed by atoms with van der Waals surface area (Å²) in [5, 5.41) is 3.37. The Morgan fingerprint density at radius 2 is 2.25 bits per heavy atom. The van der Waals surface area contributed by atoms with Crippen molar-refractivity contribution in [1.82, 2.24) is 9.97 Å². The van der Waals surface area contributed by atoms with E-state index in [-0.39, 0.29) is 5.56 Å². The molecule has 0 spiro atoms. The van der Waals surface area contributed by atoms with Gasteiger partial charge in [-0.1, -0.05) is 26.7 Å². The highest BCUT2D eigenvalue weighted by atomic mass is 16.1. The summed E-state index contributed by atoms with van der Waals surface area (Å²) in [7, 11) is 0. The van der Waals surface area contributed by atoms with Gasteiger partial charge in [0.25, 0.3) is 5.56 Å². The van der Waals surface area contributed by atoms with Gasteiger partial charge in [-0.05, 0) is 18.3 Å². The largest absolute Gasteiger partial charge is 0.367 e. The van der Waals surface area contributed by atoms with Crippen molar-refractivity contribution < 1.29 is 0 Å². The molecule has 1 aromatic heterocycles. The summed E-state index contributed by atoms with van der Waals surface area (Å²) in [6.07, 6.45) is 5.18. The molecule has 1 aromatic rings. The molecule has 0 amide bonds. The van der Waals surface area contributed by atoms with E-state index < -0.39 is 0 Å². The molecule has 1 fully saturated rings. The van der Waals surface area contributed by atoms with Crippen LogP contribution in [0.5, 0.6) is 0 Å². The molecule has 2 N–H and O–H groups in total. The molecular formula is C12H19N3O. The molecule has 1 saturated carbocycles. The van der Waals surface area contributed by atoms with Crippen molar-refractivity contribution in [2.45, 2.75) is 39.2 Å². The van der Waals surface area contributed by atoms with Gasteiger partial charge >= 0.3 is 0 Å². The second-order valence-corrected chi connectivity index (χ2v) is 4.81. The van der Waals surface area contributed by atoms with E-state index in [2.05, 4.69) is 29.1 Å². The molecule has 4 nitrogen and oxygen atoms in total. The number of anilines is 1. The minimum Gasteiger partial charge on any atom is -0.367 e. The van der Waals surface area contributed by atoms with Gasteiger partial charge in [-0.25, -0.2) is 4.98 Å². The summed E-state index contributed by atoms with van der Waals surface area (Å²) in [6, 6.07) is 1.96. The van der Waals surface area contributed by atoms with Crippen molar-refractivity contribution in [2.24, 2.45) is 11.8 Å². The van der Waals surface area contributed by atoms with Crippen molar-refractivity contribution in [2.75, 3.05) is 5.32 Å². The minimum atomic E-state index is -0.103. The Kier molecular flexibility index (Phi) is 3.27. The topological polar surface area (TPSA) is 57.8 Å². The summed E-state index contributed by atoms with van der Waals surface area (Å²) in [6.45, 7) is 4.57. The molecule has 0 radical (unpaired) electrons. The summed E-state index contributed by atoms with van der Waals surface area (Å²) < 4.78 is 0. The highest BCUT2D eigenvalue weighted by molar-refractivity contribution is 5.33. The Morgan fingerprint density at radius 3 is 3.00 bits per heavy atom. The highest BCUT2D eigenvalue weighted by Gasteiger charge is 2.26. The van der Waals surface area contributed by atoms with Crippen LogP contribution < -0.4 is 10.9 Å². The van der Waals surface area contributed by atoms with Gasteiger partial charge in [0.2, 0.25) is 0 Å². The summed E-state index contributed by atoms with van der Waals surface area (Å²) in [5.74, 6) is 2.07. The van der Waals surface area contributed by atoms with Crippen LogP contribution in [0.1, 0.15) is 33.1 Å². The van der Waals surface area contributed by atoms with E-state index in [9.17, 15) is 4.79 Å². The summed E-state index contributed by atoms with van der Waals surface area (Å²) >= 11 is 0. The van der Waals surface area contributed by atoms with Crippen LogP contribution >= 0.6 is 0 Å². The van der Waals surface area contributed by atoms with Crippen LogP contribution in [0.25, 0.3) is 0 Å². The molecular weight excluding hydrogens is 202 g/mol. The summed E-state index contributed by atoms with van der Waals surface area (Å²) in [4.78, 5) is 17.8. The summed E-state index contributed by atoms with van der Waals surface area (Å²) in [5.41, 5.74) is -0.103. The van der Waals surface area contributed by atoms with Crippen molar-refractivity contribution >= 4 is 5.82 Å². The number of hydrogen-bond donors (Lipinski definition) is 2. The Hall–Kier alpha value is -1.32. The molecule has 1 aliphatic rings. The smallest absolute Gasteiger partial charge is 0.252 e. The van der Waals surface area contributed by atoms with Crippen LogP contribution in [0.15, 0.2) is 17.2 Å². The van der Waals surface area contributed by atoms with E-state index in [1.807, 2.05) is 0 Å². The third kappa shape index (κ3) is 2.43. The SMILES string of the molecule is CC1CCCC(Nc2cc(=O)[nH]cn2)C1C. The number of nitrogens with one attached hydrogen (secondary N) is 2. The lowest BCUT2D eigenvalue weighted by atomic mass is 9.78. The zero-order valence-corrected chi connectivity index (χ0v) is 9.86. The lowest BCUT2D eigenvalue weighted by Gasteiger charge is -2.34. The van der Waals surface area contributed by atoms with Crippen molar-refractivity contribution in [1.29, 1.82) is 0 Å². The number of nitrogens with zero attached hydrogens (tertiary/aromatic N) is 1. The van der Waals surface area contributed by atoms with E-state index in [1.54, 1.807) is 0 Å². The predicted octanol–water partition coefficient (Wildman–Crippen LogP) is 2.01. The first-order valence-corrected chi connectivity index (χ1v) is 5.98. The molecule has 2 rings (SSSR count). The van der Waals surface area contributed by atoms with Crippen LogP contribution in [0.2, 0.25) is 0 Å².